The third-order valence-corrected chi connectivity index (χ3v) is 3.67. The van der Waals surface area contributed by atoms with E-state index in [1.807, 2.05) is 18.7 Å². The van der Waals surface area contributed by atoms with E-state index < -0.39 is 5.97 Å². The Balaban J connectivity index is 2.24. The summed E-state index contributed by atoms with van der Waals surface area (Å²) >= 11 is 0. The van der Waals surface area contributed by atoms with Crippen molar-refractivity contribution in [3.8, 4) is 0 Å². The highest BCUT2D eigenvalue weighted by Gasteiger charge is 2.48. The minimum Gasteiger partial charge on any atom is -0.481 e. The smallest absolute Gasteiger partial charge is 0.308 e. The number of likely N-dealkylation sites (tertiary alicyclic amines) is 1. The van der Waals surface area contributed by atoms with E-state index in [1.165, 1.54) is 0 Å². The van der Waals surface area contributed by atoms with Gasteiger partial charge in [-0.25, -0.2) is 0 Å². The molecule has 2 aliphatic rings. The van der Waals surface area contributed by atoms with Gasteiger partial charge in [0.2, 0.25) is 5.91 Å². The summed E-state index contributed by atoms with van der Waals surface area (Å²) < 4.78 is 0. The molecule has 1 amide bonds. The molecule has 0 aromatic rings. The first kappa shape index (κ1) is 11.4. The predicted molar refractivity (Wildman–Crippen MR) is 58.9 cm³/mol. The van der Waals surface area contributed by atoms with E-state index in [9.17, 15) is 14.7 Å². The summed E-state index contributed by atoms with van der Waals surface area (Å²) in [7, 11) is 0. The highest BCUT2D eigenvalue weighted by molar-refractivity contribution is 5.81. The number of carboxylic acid groups (broad SMARTS) is 1. The molecule has 1 N–H and O–H groups in total. The van der Waals surface area contributed by atoms with E-state index in [2.05, 4.69) is 0 Å². The zero-order chi connectivity index (χ0) is 11.9. The van der Waals surface area contributed by atoms with E-state index in [1.54, 1.807) is 0 Å². The molecule has 0 bridgehead atoms. The van der Waals surface area contributed by atoms with Gasteiger partial charge in [0.1, 0.15) is 0 Å². The molecule has 1 aliphatic carbocycles. The lowest BCUT2D eigenvalue weighted by Crippen LogP contribution is -2.54. The summed E-state index contributed by atoms with van der Waals surface area (Å²) in [6, 6.07) is 0.0546. The third-order valence-electron chi connectivity index (χ3n) is 3.67. The second-order valence-corrected chi connectivity index (χ2v) is 5.21. The third kappa shape index (κ3) is 1.93. The van der Waals surface area contributed by atoms with Crippen LogP contribution in [0.15, 0.2) is 0 Å². The molecule has 1 saturated carbocycles. The van der Waals surface area contributed by atoms with Gasteiger partial charge in [-0.1, -0.05) is 0 Å². The van der Waals surface area contributed by atoms with E-state index in [0.717, 1.165) is 12.8 Å². The lowest BCUT2D eigenvalue weighted by Gasteiger charge is -2.42. The predicted octanol–water partition coefficient (Wildman–Crippen LogP) is 1.50. The number of rotatable bonds is 3. The van der Waals surface area contributed by atoms with Gasteiger partial charge in [-0.05, 0) is 39.0 Å². The van der Waals surface area contributed by atoms with E-state index in [4.69, 9.17) is 0 Å². The molecule has 90 valence electrons. The Labute approximate surface area is 95.6 Å². The Hall–Kier alpha value is -1.06. The molecule has 0 unspecified atom stereocenters. The van der Waals surface area contributed by atoms with Gasteiger partial charge in [-0.2, -0.15) is 0 Å². The highest BCUT2D eigenvalue weighted by atomic mass is 16.4. The number of hydrogen-bond acceptors (Lipinski definition) is 2. The van der Waals surface area contributed by atoms with Crippen molar-refractivity contribution in [2.75, 3.05) is 0 Å². The first-order valence-electron chi connectivity index (χ1n) is 6.06. The lowest BCUT2D eigenvalue weighted by molar-refractivity contribution is -0.154. The Bertz CT molecular complexity index is 309. The van der Waals surface area contributed by atoms with E-state index >= 15 is 0 Å². The molecule has 4 heteroatoms. The maximum atomic E-state index is 11.9. The maximum absolute atomic E-state index is 11.9. The van der Waals surface area contributed by atoms with Gasteiger partial charge in [0.05, 0.1) is 5.92 Å². The number of piperidine rings is 1. The van der Waals surface area contributed by atoms with Crippen LogP contribution in [0.2, 0.25) is 0 Å². The van der Waals surface area contributed by atoms with Crippen LogP contribution in [-0.4, -0.2) is 34.0 Å². The number of amides is 1. The Morgan fingerprint density at radius 2 is 2.00 bits per heavy atom. The molecule has 2 rings (SSSR count). The molecule has 0 radical (unpaired) electrons. The first-order chi connectivity index (χ1) is 7.52. The molecule has 1 heterocycles. The van der Waals surface area contributed by atoms with Crippen LogP contribution in [0.5, 0.6) is 0 Å². The number of hydrogen-bond donors (Lipinski definition) is 1. The van der Waals surface area contributed by atoms with Crippen LogP contribution >= 0.6 is 0 Å². The summed E-state index contributed by atoms with van der Waals surface area (Å²) in [4.78, 5) is 24.9. The molecule has 1 saturated heterocycles. The molecule has 1 aliphatic heterocycles. The quantitative estimate of drug-likeness (QED) is 0.791. The lowest BCUT2D eigenvalue weighted by atomic mass is 9.85. The normalized spacial score (nSPS) is 30.9. The van der Waals surface area contributed by atoms with E-state index in [-0.39, 0.29) is 23.9 Å². The molecule has 0 aromatic heterocycles. The van der Waals surface area contributed by atoms with Crippen LogP contribution in [0, 0.1) is 11.8 Å². The van der Waals surface area contributed by atoms with Crippen molar-refractivity contribution in [1.82, 2.24) is 4.90 Å². The minimum atomic E-state index is -0.741. The zero-order valence-corrected chi connectivity index (χ0v) is 9.85. The fourth-order valence-electron chi connectivity index (χ4n) is 2.83. The maximum Gasteiger partial charge on any atom is 0.308 e. The van der Waals surface area contributed by atoms with Crippen molar-refractivity contribution < 1.29 is 14.7 Å². The molecule has 0 aromatic carbocycles. The minimum absolute atomic E-state index is 0.0567. The standard InChI is InChI=1S/C12H19NO3/c1-7(2)13-10(14)6-5-9(12(15)16)11(13)8-3-4-8/h7-9,11H,3-6H2,1-2H3,(H,15,16)/t9-,11+/m0/s1. The first-order valence-corrected chi connectivity index (χ1v) is 6.06. The van der Waals surface area contributed by atoms with Gasteiger partial charge in [-0.3, -0.25) is 9.59 Å². The molecule has 2 atom stereocenters. The summed E-state index contributed by atoms with van der Waals surface area (Å²) in [5.41, 5.74) is 0. The average Bonchev–Trinajstić information content (AvgIpc) is 2.98. The van der Waals surface area contributed by atoms with Gasteiger partial charge in [0, 0.05) is 18.5 Å². The molecule has 0 spiro atoms. The van der Waals surface area contributed by atoms with Crippen molar-refractivity contribution in [2.45, 2.75) is 51.6 Å². The van der Waals surface area contributed by atoms with Crippen molar-refractivity contribution in [3.63, 3.8) is 0 Å². The second-order valence-electron chi connectivity index (χ2n) is 5.21. The van der Waals surface area contributed by atoms with Gasteiger partial charge in [0.15, 0.2) is 0 Å². The van der Waals surface area contributed by atoms with Crippen LogP contribution in [-0.2, 0) is 9.59 Å². The number of carboxylic acids is 1. The largest absolute Gasteiger partial charge is 0.481 e. The van der Waals surface area contributed by atoms with Crippen molar-refractivity contribution in [2.24, 2.45) is 11.8 Å². The molecule has 4 nitrogen and oxygen atoms in total. The average molecular weight is 225 g/mol. The monoisotopic (exact) mass is 225 g/mol. The fourth-order valence-corrected chi connectivity index (χ4v) is 2.83. The van der Waals surface area contributed by atoms with Crippen LogP contribution in [0.1, 0.15) is 39.5 Å². The molecular formula is C12H19NO3. The number of nitrogens with zero attached hydrogens (tertiary/aromatic N) is 1. The Morgan fingerprint density at radius 3 is 2.44 bits per heavy atom. The van der Waals surface area contributed by atoms with Crippen molar-refractivity contribution >= 4 is 11.9 Å². The molecular weight excluding hydrogens is 206 g/mol. The van der Waals surface area contributed by atoms with Crippen LogP contribution in [0.4, 0.5) is 0 Å². The molecule has 2 fully saturated rings. The number of carbonyl (C=O) groups is 2. The summed E-state index contributed by atoms with van der Waals surface area (Å²) in [6.07, 6.45) is 3.05. The van der Waals surface area contributed by atoms with Gasteiger partial charge >= 0.3 is 5.97 Å². The Kier molecular flexibility index (Phi) is 2.91. The van der Waals surface area contributed by atoms with Crippen molar-refractivity contribution in [1.29, 1.82) is 0 Å². The number of carbonyl (C=O) groups excluding carboxylic acids is 1. The fraction of sp³-hybridized carbons (Fsp3) is 0.833. The number of aliphatic carboxylic acids is 1. The zero-order valence-electron chi connectivity index (χ0n) is 9.85. The summed E-state index contributed by atoms with van der Waals surface area (Å²) in [5, 5.41) is 9.23. The van der Waals surface area contributed by atoms with Crippen LogP contribution < -0.4 is 0 Å². The van der Waals surface area contributed by atoms with Crippen LogP contribution in [0.25, 0.3) is 0 Å². The van der Waals surface area contributed by atoms with Crippen molar-refractivity contribution in [3.05, 3.63) is 0 Å². The second kappa shape index (κ2) is 4.07. The van der Waals surface area contributed by atoms with E-state index in [0.29, 0.717) is 18.8 Å². The van der Waals surface area contributed by atoms with Gasteiger partial charge in [0.25, 0.3) is 0 Å². The SMILES string of the molecule is CC(C)N1C(=O)CC[C@H](C(=O)O)[C@H]1C1CC1. The Morgan fingerprint density at radius 1 is 1.38 bits per heavy atom. The highest BCUT2D eigenvalue weighted by Crippen LogP contribution is 2.43. The summed E-state index contributed by atoms with van der Waals surface area (Å²) in [6.45, 7) is 3.94. The molecule has 16 heavy (non-hydrogen) atoms. The summed E-state index contributed by atoms with van der Waals surface area (Å²) in [5.74, 6) is -0.542. The van der Waals surface area contributed by atoms with Gasteiger partial charge < -0.3 is 10.0 Å². The van der Waals surface area contributed by atoms with Gasteiger partial charge in [-0.15, -0.1) is 0 Å². The van der Waals surface area contributed by atoms with Crippen LogP contribution in [0.3, 0.4) is 0 Å². The topological polar surface area (TPSA) is 57.6 Å².